The zero-order valence-electron chi connectivity index (χ0n) is 23.1. The number of carbonyl (C=O) groups excluding carboxylic acids is 1. The zero-order chi connectivity index (χ0) is 26.8. The fourth-order valence-corrected chi connectivity index (χ4v) is 7.42. The second kappa shape index (κ2) is 11.6. The molecule has 0 aromatic carbocycles. The number of rotatable bonds is 9. The lowest BCUT2D eigenvalue weighted by Gasteiger charge is -2.44. The van der Waals surface area contributed by atoms with Crippen LogP contribution in [0.4, 0.5) is 0 Å². The molecule has 0 spiro atoms. The molecular formula is C32H48O5. The van der Waals surface area contributed by atoms with E-state index in [4.69, 9.17) is 4.74 Å². The van der Waals surface area contributed by atoms with Crippen LogP contribution >= 0.6 is 0 Å². The van der Waals surface area contributed by atoms with Crippen molar-refractivity contribution in [2.75, 3.05) is 6.61 Å². The van der Waals surface area contributed by atoms with Crippen LogP contribution in [0, 0.1) is 28.6 Å². The molecule has 4 aliphatic rings. The Hall–Kier alpha value is -1.69. The molecule has 0 heterocycles. The van der Waals surface area contributed by atoms with E-state index in [1.807, 2.05) is 6.08 Å². The summed E-state index contributed by atoms with van der Waals surface area (Å²) in [5.74, 6) is 1.13. The van der Waals surface area contributed by atoms with Gasteiger partial charge in [-0.2, -0.15) is 0 Å². The van der Waals surface area contributed by atoms with Gasteiger partial charge in [-0.3, -0.25) is 4.79 Å². The number of aliphatic hydroxyl groups excluding tert-OH is 3. The highest BCUT2D eigenvalue weighted by atomic mass is 16.5. The van der Waals surface area contributed by atoms with Gasteiger partial charge in [0.1, 0.15) is 0 Å². The summed E-state index contributed by atoms with van der Waals surface area (Å²) in [6, 6.07) is 0. The molecule has 3 N–H and O–H groups in total. The van der Waals surface area contributed by atoms with Crippen LogP contribution in [0.25, 0.3) is 0 Å². The van der Waals surface area contributed by atoms with E-state index >= 15 is 0 Å². The Bertz CT molecular complexity index is 941. The van der Waals surface area contributed by atoms with E-state index in [1.165, 1.54) is 12.0 Å². The second-order valence-electron chi connectivity index (χ2n) is 12.5. The van der Waals surface area contributed by atoms with Crippen molar-refractivity contribution in [1.82, 2.24) is 0 Å². The number of allylic oxidation sites excluding steroid dienone is 4. The number of hydrogen-bond acceptors (Lipinski definition) is 5. The smallest absolute Gasteiger partial charge is 0.315 e. The van der Waals surface area contributed by atoms with Gasteiger partial charge in [0, 0.05) is 6.42 Å². The van der Waals surface area contributed by atoms with Crippen molar-refractivity contribution in [3.63, 3.8) is 0 Å². The summed E-state index contributed by atoms with van der Waals surface area (Å²) >= 11 is 0. The standard InChI is InChI=1S/C32H48O5/c1-5-6-18-37-30(36)32(16-17-32)29(35)14-9-21(2)26-12-13-27-23(8-7-15-31(26,27)4)10-11-24-19-25(33)20-28(34)22(24)3/h9-11,14,21,25-29,33-35H,3,5-8,12-13,15-20H2,1-2,4H3/b14-9+,23-10?,24-11?/t21-,25-,26-,27+,28+,29-,31-/m1/s1. The Morgan fingerprint density at radius 2 is 1.95 bits per heavy atom. The van der Waals surface area contributed by atoms with Gasteiger partial charge in [0.05, 0.1) is 30.3 Å². The van der Waals surface area contributed by atoms with Gasteiger partial charge in [-0.1, -0.05) is 63.6 Å². The first kappa shape index (κ1) is 28.3. The van der Waals surface area contributed by atoms with Crippen molar-refractivity contribution >= 4 is 5.97 Å². The molecule has 37 heavy (non-hydrogen) atoms. The van der Waals surface area contributed by atoms with Crippen molar-refractivity contribution in [2.45, 2.75) is 110 Å². The van der Waals surface area contributed by atoms with Gasteiger partial charge in [0.2, 0.25) is 0 Å². The quantitative estimate of drug-likeness (QED) is 0.206. The van der Waals surface area contributed by atoms with Crippen molar-refractivity contribution in [1.29, 1.82) is 0 Å². The third-order valence-electron chi connectivity index (χ3n) is 10.0. The van der Waals surface area contributed by atoms with E-state index in [0.29, 0.717) is 50.0 Å². The monoisotopic (exact) mass is 512 g/mol. The molecule has 7 atom stereocenters. The molecule has 4 saturated carbocycles. The minimum Gasteiger partial charge on any atom is -0.465 e. The molecule has 0 amide bonds. The summed E-state index contributed by atoms with van der Waals surface area (Å²) in [5, 5.41) is 31.2. The molecule has 5 nitrogen and oxygen atoms in total. The van der Waals surface area contributed by atoms with E-state index in [1.54, 1.807) is 0 Å². The van der Waals surface area contributed by atoms with Gasteiger partial charge in [-0.25, -0.2) is 0 Å². The minimum atomic E-state index is -0.781. The molecule has 5 heteroatoms. The highest BCUT2D eigenvalue weighted by Crippen LogP contribution is 2.59. The van der Waals surface area contributed by atoms with Crippen LogP contribution in [0.2, 0.25) is 0 Å². The Balaban J connectivity index is 1.42. The first-order valence-corrected chi connectivity index (χ1v) is 14.6. The summed E-state index contributed by atoms with van der Waals surface area (Å²) in [4.78, 5) is 12.6. The maximum absolute atomic E-state index is 12.6. The molecule has 0 radical (unpaired) electrons. The maximum Gasteiger partial charge on any atom is 0.315 e. The van der Waals surface area contributed by atoms with Gasteiger partial charge in [-0.15, -0.1) is 0 Å². The first-order chi connectivity index (χ1) is 17.6. The first-order valence-electron chi connectivity index (χ1n) is 14.6. The molecule has 4 fully saturated rings. The van der Waals surface area contributed by atoms with E-state index in [9.17, 15) is 20.1 Å². The molecule has 4 rings (SSSR count). The van der Waals surface area contributed by atoms with E-state index in [0.717, 1.165) is 49.7 Å². The predicted molar refractivity (Wildman–Crippen MR) is 147 cm³/mol. The summed E-state index contributed by atoms with van der Waals surface area (Å²) in [7, 11) is 0. The fraction of sp³-hybridized carbons (Fsp3) is 0.719. The van der Waals surface area contributed by atoms with E-state index < -0.39 is 23.7 Å². The van der Waals surface area contributed by atoms with Crippen LogP contribution in [0.15, 0.2) is 47.6 Å². The summed E-state index contributed by atoms with van der Waals surface area (Å²) < 4.78 is 5.44. The molecule has 0 aromatic heterocycles. The largest absolute Gasteiger partial charge is 0.465 e. The molecule has 0 bridgehead atoms. The molecular weight excluding hydrogens is 464 g/mol. The van der Waals surface area contributed by atoms with Gasteiger partial charge in [0.15, 0.2) is 0 Å². The Labute approximate surface area is 223 Å². The maximum atomic E-state index is 12.6. The molecule has 0 aromatic rings. The Kier molecular flexibility index (Phi) is 8.87. The number of aliphatic hydroxyl groups is 3. The number of hydrogen-bond donors (Lipinski definition) is 3. The molecule has 4 aliphatic carbocycles. The van der Waals surface area contributed by atoms with Gasteiger partial charge < -0.3 is 20.1 Å². The van der Waals surface area contributed by atoms with Crippen molar-refractivity contribution in [3.05, 3.63) is 47.6 Å². The van der Waals surface area contributed by atoms with Gasteiger partial charge in [0.25, 0.3) is 0 Å². The summed E-state index contributed by atoms with van der Waals surface area (Å²) in [6.45, 7) is 11.3. The third-order valence-corrected chi connectivity index (χ3v) is 10.0. The van der Waals surface area contributed by atoms with Crippen LogP contribution in [0.1, 0.15) is 91.4 Å². The third kappa shape index (κ3) is 5.84. The lowest BCUT2D eigenvalue weighted by molar-refractivity contribution is -0.153. The van der Waals surface area contributed by atoms with Gasteiger partial charge >= 0.3 is 5.97 Å². The lowest BCUT2D eigenvalue weighted by Crippen LogP contribution is -2.36. The van der Waals surface area contributed by atoms with E-state index in [2.05, 4.69) is 45.6 Å². The van der Waals surface area contributed by atoms with Crippen LogP contribution in [0.3, 0.4) is 0 Å². The number of fused-ring (bicyclic) bond motifs is 1. The Morgan fingerprint density at radius 3 is 2.65 bits per heavy atom. The minimum absolute atomic E-state index is 0.205. The molecule has 0 saturated heterocycles. The second-order valence-corrected chi connectivity index (χ2v) is 12.5. The normalized spacial score (nSPS) is 37.1. The molecule has 206 valence electrons. The summed E-state index contributed by atoms with van der Waals surface area (Å²) in [6.07, 6.45) is 16.4. The molecule has 0 aliphatic heterocycles. The van der Waals surface area contributed by atoms with Gasteiger partial charge in [-0.05, 0) is 92.1 Å². The SMILES string of the molecule is C=C1C(=CC=C2CCC[C@]3(C)[C@@H]([C@H](C)/C=C/[C@@H](O)C4(C(=O)OCCCC)CC4)CC[C@@H]23)C[C@@H](O)C[C@@H]1O. The van der Waals surface area contributed by atoms with Crippen molar-refractivity contribution < 1.29 is 24.9 Å². The average molecular weight is 513 g/mol. The summed E-state index contributed by atoms with van der Waals surface area (Å²) in [5.41, 5.74) is 2.66. The number of ether oxygens (including phenoxy) is 1. The molecule has 0 unspecified atom stereocenters. The highest BCUT2D eigenvalue weighted by Gasteiger charge is 2.56. The fourth-order valence-electron chi connectivity index (χ4n) is 7.42. The van der Waals surface area contributed by atoms with Crippen LogP contribution in [-0.4, -0.2) is 46.2 Å². The van der Waals surface area contributed by atoms with Crippen LogP contribution in [-0.2, 0) is 9.53 Å². The topological polar surface area (TPSA) is 87.0 Å². The predicted octanol–water partition coefficient (Wildman–Crippen LogP) is 5.80. The van der Waals surface area contributed by atoms with Crippen LogP contribution < -0.4 is 0 Å². The average Bonchev–Trinajstić information content (AvgIpc) is 3.60. The van der Waals surface area contributed by atoms with Crippen molar-refractivity contribution in [2.24, 2.45) is 28.6 Å². The number of carbonyl (C=O) groups is 1. The number of unbranched alkanes of at least 4 members (excludes halogenated alkanes) is 1. The Morgan fingerprint density at radius 1 is 1.19 bits per heavy atom. The zero-order valence-corrected chi connectivity index (χ0v) is 23.1. The van der Waals surface area contributed by atoms with Crippen LogP contribution in [0.5, 0.6) is 0 Å². The number of esters is 1. The highest BCUT2D eigenvalue weighted by molar-refractivity contribution is 5.81. The van der Waals surface area contributed by atoms with E-state index in [-0.39, 0.29) is 11.4 Å². The lowest BCUT2D eigenvalue weighted by atomic mass is 9.61. The van der Waals surface area contributed by atoms with Crippen molar-refractivity contribution in [3.8, 4) is 0 Å².